The van der Waals surface area contributed by atoms with Gasteiger partial charge in [-0.3, -0.25) is 0 Å². The molecule has 1 nitrogen and oxygen atoms in total. The molecule has 0 saturated heterocycles. The van der Waals surface area contributed by atoms with E-state index in [1.165, 1.54) is 0 Å². The van der Waals surface area contributed by atoms with Gasteiger partial charge in [-0.05, 0) is 13.8 Å². The zero-order valence-electron chi connectivity index (χ0n) is 6.66. The van der Waals surface area contributed by atoms with E-state index in [0.717, 1.165) is 0 Å². The molecule has 0 atom stereocenters. The highest BCUT2D eigenvalue weighted by molar-refractivity contribution is 4.70. The second-order valence-electron chi connectivity index (χ2n) is 3.25. The van der Waals surface area contributed by atoms with Crippen LogP contribution in [0.15, 0.2) is 0 Å². The van der Waals surface area contributed by atoms with Crippen LogP contribution in [0.3, 0.4) is 0 Å². The molecule has 0 aromatic heterocycles. The predicted molar refractivity (Wildman–Crippen MR) is 38.3 cm³/mol. The van der Waals surface area contributed by atoms with Crippen LogP contribution >= 0.6 is 0 Å². The van der Waals surface area contributed by atoms with E-state index in [4.69, 9.17) is 0 Å². The van der Waals surface area contributed by atoms with Crippen LogP contribution in [0.25, 0.3) is 0 Å². The Morgan fingerprint density at radius 1 is 1.44 bits per heavy atom. The maximum atomic E-state index is 12.7. The number of hydrogen-bond donors (Lipinski definition) is 1. The summed E-state index contributed by atoms with van der Waals surface area (Å²) in [7, 11) is 0. The van der Waals surface area contributed by atoms with Crippen molar-refractivity contribution in [3.8, 4) is 0 Å². The van der Waals surface area contributed by atoms with Gasteiger partial charge in [-0.2, -0.15) is 0 Å². The van der Waals surface area contributed by atoms with Crippen LogP contribution in [0.5, 0.6) is 0 Å². The molecule has 0 fully saturated rings. The highest BCUT2D eigenvalue weighted by atomic mass is 19.1. The molecule has 56 valence electrons. The normalized spacial score (nSPS) is 12.7. The molecular formula is C7H16FN. The van der Waals surface area contributed by atoms with Crippen molar-refractivity contribution in [1.29, 1.82) is 0 Å². The smallest absolute Gasteiger partial charge is 0.117 e. The van der Waals surface area contributed by atoms with Crippen LogP contribution in [0.1, 0.15) is 27.7 Å². The summed E-state index contributed by atoms with van der Waals surface area (Å²) in [6.07, 6.45) is 0. The summed E-state index contributed by atoms with van der Waals surface area (Å²) in [5.41, 5.74) is -1.08. The molecule has 0 heterocycles. The molecule has 1 N–H and O–H groups in total. The average Bonchev–Trinajstić information content (AvgIpc) is 1.59. The van der Waals surface area contributed by atoms with E-state index in [9.17, 15) is 4.39 Å². The SMILES string of the molecule is CC(C)NCC(C)(C)F. The molecule has 0 radical (unpaired) electrons. The summed E-state index contributed by atoms with van der Waals surface area (Å²) < 4.78 is 12.7. The summed E-state index contributed by atoms with van der Waals surface area (Å²) in [5, 5.41) is 3.01. The quantitative estimate of drug-likeness (QED) is 0.618. The molecule has 0 bridgehead atoms. The van der Waals surface area contributed by atoms with Crippen LogP contribution in [-0.4, -0.2) is 18.3 Å². The molecule has 0 aliphatic heterocycles. The molecule has 0 spiro atoms. The molecule has 0 unspecified atom stereocenters. The molecule has 0 aliphatic rings. The molecule has 0 amide bonds. The van der Waals surface area contributed by atoms with Gasteiger partial charge in [0.1, 0.15) is 5.67 Å². The molecule has 0 aromatic rings. The molecule has 0 saturated carbocycles. The van der Waals surface area contributed by atoms with Crippen LogP contribution in [0, 0.1) is 0 Å². The van der Waals surface area contributed by atoms with Gasteiger partial charge in [0.05, 0.1) is 0 Å². The molecule has 0 aromatic carbocycles. The first-order valence-electron chi connectivity index (χ1n) is 3.34. The first-order chi connectivity index (χ1) is 3.92. The van der Waals surface area contributed by atoms with Crippen molar-refractivity contribution in [1.82, 2.24) is 5.32 Å². The van der Waals surface area contributed by atoms with E-state index in [1.54, 1.807) is 13.8 Å². The number of halogens is 1. The molecule has 9 heavy (non-hydrogen) atoms. The lowest BCUT2D eigenvalue weighted by molar-refractivity contribution is 0.205. The highest BCUT2D eigenvalue weighted by Crippen LogP contribution is 2.05. The molecule has 2 heteroatoms. The van der Waals surface area contributed by atoms with Crippen molar-refractivity contribution < 1.29 is 4.39 Å². The van der Waals surface area contributed by atoms with Crippen LogP contribution in [-0.2, 0) is 0 Å². The lowest BCUT2D eigenvalue weighted by Crippen LogP contribution is -2.35. The van der Waals surface area contributed by atoms with Crippen molar-refractivity contribution in [3.05, 3.63) is 0 Å². The van der Waals surface area contributed by atoms with E-state index in [2.05, 4.69) is 5.32 Å². The van der Waals surface area contributed by atoms with Gasteiger partial charge in [-0.1, -0.05) is 13.8 Å². The minimum Gasteiger partial charge on any atom is -0.311 e. The zero-order chi connectivity index (χ0) is 7.49. The lowest BCUT2D eigenvalue weighted by atomic mass is 10.1. The third kappa shape index (κ3) is 7.89. The maximum Gasteiger partial charge on any atom is 0.117 e. The Morgan fingerprint density at radius 2 is 1.89 bits per heavy atom. The van der Waals surface area contributed by atoms with Crippen LogP contribution in [0.2, 0.25) is 0 Å². The first-order valence-corrected chi connectivity index (χ1v) is 3.34. The minimum absolute atomic E-state index is 0.375. The third-order valence-electron chi connectivity index (χ3n) is 0.931. The largest absolute Gasteiger partial charge is 0.311 e. The molecule has 0 rings (SSSR count). The van der Waals surface area contributed by atoms with Gasteiger partial charge in [-0.15, -0.1) is 0 Å². The lowest BCUT2D eigenvalue weighted by Gasteiger charge is -2.16. The third-order valence-corrected chi connectivity index (χ3v) is 0.931. The van der Waals surface area contributed by atoms with Crippen LogP contribution in [0.4, 0.5) is 4.39 Å². The summed E-state index contributed by atoms with van der Waals surface area (Å²) >= 11 is 0. The fourth-order valence-corrected chi connectivity index (χ4v) is 0.447. The van der Waals surface area contributed by atoms with Gasteiger partial charge in [-0.25, -0.2) is 4.39 Å². The van der Waals surface area contributed by atoms with Crippen molar-refractivity contribution in [2.45, 2.75) is 39.4 Å². The van der Waals surface area contributed by atoms with Gasteiger partial charge in [0.25, 0.3) is 0 Å². The molecule has 0 aliphatic carbocycles. The fourth-order valence-electron chi connectivity index (χ4n) is 0.447. The van der Waals surface area contributed by atoms with E-state index in [1.807, 2.05) is 13.8 Å². The summed E-state index contributed by atoms with van der Waals surface area (Å²) in [4.78, 5) is 0. The second kappa shape index (κ2) is 3.16. The average molecular weight is 133 g/mol. The number of rotatable bonds is 3. The van der Waals surface area contributed by atoms with Crippen molar-refractivity contribution in [2.24, 2.45) is 0 Å². The van der Waals surface area contributed by atoms with Crippen LogP contribution < -0.4 is 5.32 Å². The summed E-state index contributed by atoms with van der Waals surface area (Å²) in [6, 6.07) is 0.375. The van der Waals surface area contributed by atoms with Gasteiger partial charge < -0.3 is 5.32 Å². The number of alkyl halides is 1. The Kier molecular flexibility index (Phi) is 3.12. The zero-order valence-corrected chi connectivity index (χ0v) is 6.66. The van der Waals surface area contributed by atoms with E-state index >= 15 is 0 Å². The van der Waals surface area contributed by atoms with Gasteiger partial charge in [0, 0.05) is 12.6 Å². The highest BCUT2D eigenvalue weighted by Gasteiger charge is 2.14. The Hall–Kier alpha value is -0.110. The Morgan fingerprint density at radius 3 is 2.00 bits per heavy atom. The Bertz CT molecular complexity index is 73.5. The second-order valence-corrected chi connectivity index (χ2v) is 3.25. The first kappa shape index (κ1) is 8.89. The Labute approximate surface area is 56.6 Å². The topological polar surface area (TPSA) is 12.0 Å². The van der Waals surface area contributed by atoms with Gasteiger partial charge in [0.2, 0.25) is 0 Å². The fraction of sp³-hybridized carbons (Fsp3) is 1.00. The van der Waals surface area contributed by atoms with Crippen molar-refractivity contribution in [2.75, 3.05) is 6.54 Å². The number of hydrogen-bond acceptors (Lipinski definition) is 1. The van der Waals surface area contributed by atoms with Crippen molar-refractivity contribution >= 4 is 0 Å². The maximum absolute atomic E-state index is 12.7. The number of nitrogens with one attached hydrogen (secondary N) is 1. The van der Waals surface area contributed by atoms with E-state index < -0.39 is 5.67 Å². The predicted octanol–water partition coefficient (Wildman–Crippen LogP) is 1.73. The summed E-state index contributed by atoms with van der Waals surface area (Å²) in [5.74, 6) is 0. The van der Waals surface area contributed by atoms with Crippen molar-refractivity contribution in [3.63, 3.8) is 0 Å². The monoisotopic (exact) mass is 133 g/mol. The van der Waals surface area contributed by atoms with E-state index in [-0.39, 0.29) is 0 Å². The van der Waals surface area contributed by atoms with Gasteiger partial charge >= 0.3 is 0 Å². The minimum atomic E-state index is -1.08. The Balaban J connectivity index is 3.28. The molecular weight excluding hydrogens is 117 g/mol. The van der Waals surface area contributed by atoms with Gasteiger partial charge in [0.15, 0.2) is 0 Å². The standard InChI is InChI=1S/C7H16FN/c1-6(2)9-5-7(3,4)8/h6,9H,5H2,1-4H3. The van der Waals surface area contributed by atoms with E-state index in [0.29, 0.717) is 12.6 Å². The summed E-state index contributed by atoms with van der Waals surface area (Å²) in [6.45, 7) is 7.59.